The molecule has 0 rings (SSSR count). The van der Waals surface area contributed by atoms with Gasteiger partial charge in [-0.3, -0.25) is 0 Å². The Bertz CT molecular complexity index is 188. The molecule has 0 aromatic carbocycles. The molecule has 0 unspecified atom stereocenters. The maximum absolute atomic E-state index is 3.57. The fourth-order valence-electron chi connectivity index (χ4n) is 2.76. The summed E-state index contributed by atoms with van der Waals surface area (Å²) in [6, 6.07) is 0.700. The minimum Gasteiger partial charge on any atom is -0.314 e. The van der Waals surface area contributed by atoms with Gasteiger partial charge in [0.1, 0.15) is 0 Å². The lowest BCUT2D eigenvalue weighted by Gasteiger charge is -2.10. The first-order valence-electron chi connectivity index (χ1n) is 9.90. The Morgan fingerprint density at radius 3 is 1.48 bits per heavy atom. The lowest BCUT2D eigenvalue weighted by Crippen LogP contribution is -2.25. The summed E-state index contributed by atoms with van der Waals surface area (Å²) in [5.74, 6) is 0.894. The van der Waals surface area contributed by atoms with Crippen LogP contribution in [-0.2, 0) is 0 Å². The van der Waals surface area contributed by atoms with Gasteiger partial charge in [-0.25, -0.2) is 0 Å². The van der Waals surface area contributed by atoms with Crippen molar-refractivity contribution in [2.24, 2.45) is 5.92 Å². The van der Waals surface area contributed by atoms with Gasteiger partial charge in [0.25, 0.3) is 0 Å². The Labute approximate surface area is 135 Å². The molecule has 0 radical (unpaired) electrons. The largest absolute Gasteiger partial charge is 0.314 e. The molecule has 1 heteroatoms. The molecule has 0 heterocycles. The zero-order valence-corrected chi connectivity index (χ0v) is 15.6. The van der Waals surface area contributed by atoms with E-state index in [0.29, 0.717) is 6.04 Å². The van der Waals surface area contributed by atoms with Crippen molar-refractivity contribution in [1.82, 2.24) is 5.32 Å². The van der Waals surface area contributed by atoms with Gasteiger partial charge in [-0.15, -0.1) is 0 Å². The number of rotatable bonds is 16. The van der Waals surface area contributed by atoms with E-state index < -0.39 is 0 Å². The monoisotopic (exact) mass is 297 g/mol. The second-order valence-corrected chi connectivity index (χ2v) is 7.34. The second-order valence-electron chi connectivity index (χ2n) is 7.34. The van der Waals surface area contributed by atoms with Crippen molar-refractivity contribution in [3.05, 3.63) is 0 Å². The summed E-state index contributed by atoms with van der Waals surface area (Å²) < 4.78 is 0. The molecule has 1 atom stereocenters. The molecule has 0 aliphatic carbocycles. The van der Waals surface area contributed by atoms with Crippen LogP contribution in [-0.4, -0.2) is 12.6 Å². The van der Waals surface area contributed by atoms with Crippen molar-refractivity contribution in [2.75, 3.05) is 6.54 Å². The molecule has 0 saturated carbocycles. The fourth-order valence-corrected chi connectivity index (χ4v) is 2.76. The normalized spacial score (nSPS) is 13.0. The van der Waals surface area contributed by atoms with Crippen LogP contribution >= 0.6 is 0 Å². The summed E-state index contributed by atoms with van der Waals surface area (Å²) in [4.78, 5) is 0. The summed E-state index contributed by atoms with van der Waals surface area (Å²) >= 11 is 0. The lowest BCUT2D eigenvalue weighted by molar-refractivity contribution is 0.493. The summed E-state index contributed by atoms with van der Waals surface area (Å²) in [7, 11) is 0. The smallest absolute Gasteiger partial charge is 0.00360 e. The third-order valence-electron chi connectivity index (χ3n) is 4.56. The van der Waals surface area contributed by atoms with Gasteiger partial charge in [-0.1, -0.05) is 91.4 Å². The second kappa shape index (κ2) is 16.3. The van der Waals surface area contributed by atoms with Crippen LogP contribution in [0.25, 0.3) is 0 Å². The average molecular weight is 298 g/mol. The Hall–Kier alpha value is -0.0400. The van der Waals surface area contributed by atoms with E-state index in [9.17, 15) is 0 Å². The van der Waals surface area contributed by atoms with Crippen molar-refractivity contribution in [3.63, 3.8) is 0 Å². The van der Waals surface area contributed by atoms with Crippen LogP contribution in [0.1, 0.15) is 111 Å². The maximum Gasteiger partial charge on any atom is 0.00360 e. The molecular weight excluding hydrogens is 254 g/mol. The fraction of sp³-hybridized carbons (Fsp3) is 1.00. The summed E-state index contributed by atoms with van der Waals surface area (Å²) in [5.41, 5.74) is 0. The standard InChI is InChI=1S/C20H43N/c1-5-20(4)21-18-16-14-12-10-8-6-7-9-11-13-15-17-19(2)3/h19-21H,5-18H2,1-4H3/t20-/m1/s1. The zero-order valence-electron chi connectivity index (χ0n) is 15.6. The quantitative estimate of drug-likeness (QED) is 0.312. The molecule has 0 bridgehead atoms. The van der Waals surface area contributed by atoms with Crippen LogP contribution in [0.4, 0.5) is 0 Å². The van der Waals surface area contributed by atoms with E-state index in [0.717, 1.165) is 5.92 Å². The topological polar surface area (TPSA) is 12.0 Å². The summed E-state index contributed by atoms with van der Waals surface area (Å²) in [5, 5.41) is 3.57. The first-order valence-corrected chi connectivity index (χ1v) is 9.90. The van der Waals surface area contributed by atoms with Gasteiger partial charge in [0.2, 0.25) is 0 Å². The first kappa shape index (κ1) is 21.0. The van der Waals surface area contributed by atoms with Crippen molar-refractivity contribution in [1.29, 1.82) is 0 Å². The van der Waals surface area contributed by atoms with Gasteiger partial charge in [0.15, 0.2) is 0 Å². The van der Waals surface area contributed by atoms with Crippen LogP contribution in [0.5, 0.6) is 0 Å². The van der Waals surface area contributed by atoms with E-state index in [1.807, 2.05) is 0 Å². The van der Waals surface area contributed by atoms with E-state index in [1.165, 1.54) is 90.0 Å². The highest BCUT2D eigenvalue weighted by atomic mass is 14.9. The van der Waals surface area contributed by atoms with Gasteiger partial charge in [-0.05, 0) is 32.2 Å². The third-order valence-corrected chi connectivity index (χ3v) is 4.56. The molecule has 0 aliphatic heterocycles. The SMILES string of the molecule is CC[C@@H](C)NCCCCCCCCCCCCCC(C)C. The Morgan fingerprint density at radius 2 is 1.05 bits per heavy atom. The molecule has 0 aromatic heterocycles. The van der Waals surface area contributed by atoms with Crippen LogP contribution < -0.4 is 5.32 Å². The van der Waals surface area contributed by atoms with Crippen LogP contribution in [0.15, 0.2) is 0 Å². The van der Waals surface area contributed by atoms with Crippen molar-refractivity contribution in [3.8, 4) is 0 Å². The van der Waals surface area contributed by atoms with E-state index in [-0.39, 0.29) is 0 Å². The molecule has 128 valence electrons. The van der Waals surface area contributed by atoms with Gasteiger partial charge in [0, 0.05) is 6.04 Å². The van der Waals surface area contributed by atoms with Crippen LogP contribution in [0.3, 0.4) is 0 Å². The van der Waals surface area contributed by atoms with Gasteiger partial charge < -0.3 is 5.32 Å². The molecule has 1 nitrogen and oxygen atoms in total. The highest BCUT2D eigenvalue weighted by Crippen LogP contribution is 2.13. The van der Waals surface area contributed by atoms with Crippen LogP contribution in [0.2, 0.25) is 0 Å². The van der Waals surface area contributed by atoms with Gasteiger partial charge in [-0.2, -0.15) is 0 Å². The minimum absolute atomic E-state index is 0.700. The van der Waals surface area contributed by atoms with Crippen LogP contribution in [0, 0.1) is 5.92 Å². The molecule has 0 saturated heterocycles. The highest BCUT2D eigenvalue weighted by Gasteiger charge is 1.97. The third kappa shape index (κ3) is 17.9. The highest BCUT2D eigenvalue weighted by molar-refractivity contribution is 4.57. The molecule has 0 aromatic rings. The summed E-state index contributed by atoms with van der Waals surface area (Å²) in [6.45, 7) is 10.4. The molecule has 21 heavy (non-hydrogen) atoms. The summed E-state index contributed by atoms with van der Waals surface area (Å²) in [6.07, 6.45) is 18.6. The molecule has 0 aliphatic rings. The lowest BCUT2D eigenvalue weighted by atomic mass is 10.0. The molecular formula is C20H43N. The van der Waals surface area contributed by atoms with Gasteiger partial charge in [0.05, 0.1) is 0 Å². The van der Waals surface area contributed by atoms with E-state index in [4.69, 9.17) is 0 Å². The molecule has 1 N–H and O–H groups in total. The molecule has 0 spiro atoms. The Kier molecular flexibility index (Phi) is 16.3. The Morgan fingerprint density at radius 1 is 0.619 bits per heavy atom. The predicted molar refractivity (Wildman–Crippen MR) is 98.0 cm³/mol. The van der Waals surface area contributed by atoms with Crippen molar-refractivity contribution >= 4 is 0 Å². The predicted octanol–water partition coefficient (Wildman–Crippen LogP) is 6.71. The van der Waals surface area contributed by atoms with E-state index in [2.05, 4.69) is 33.0 Å². The number of nitrogens with one attached hydrogen (secondary N) is 1. The Balaban J connectivity index is 2.99. The average Bonchev–Trinajstić information content (AvgIpc) is 2.46. The molecule has 0 amide bonds. The number of unbranched alkanes of at least 4 members (excludes halogenated alkanes) is 10. The van der Waals surface area contributed by atoms with Gasteiger partial charge >= 0.3 is 0 Å². The molecule has 0 fully saturated rings. The van der Waals surface area contributed by atoms with E-state index >= 15 is 0 Å². The van der Waals surface area contributed by atoms with Crippen molar-refractivity contribution in [2.45, 2.75) is 117 Å². The number of hydrogen-bond acceptors (Lipinski definition) is 1. The minimum atomic E-state index is 0.700. The van der Waals surface area contributed by atoms with Crippen molar-refractivity contribution < 1.29 is 0 Å². The first-order chi connectivity index (χ1) is 10.2. The number of hydrogen-bond donors (Lipinski definition) is 1. The maximum atomic E-state index is 3.57. The zero-order chi connectivity index (χ0) is 15.8. The van der Waals surface area contributed by atoms with E-state index in [1.54, 1.807) is 0 Å².